The largest absolute Gasteiger partial charge is 0.497 e. The summed E-state index contributed by atoms with van der Waals surface area (Å²) in [4.78, 5) is 12.8. The fourth-order valence-corrected chi connectivity index (χ4v) is 5.94. The van der Waals surface area contributed by atoms with Crippen molar-refractivity contribution >= 4 is 21.9 Å². The zero-order valence-electron chi connectivity index (χ0n) is 20.0. The van der Waals surface area contributed by atoms with E-state index in [1.54, 1.807) is 25.3 Å². The van der Waals surface area contributed by atoms with E-state index in [-0.39, 0.29) is 22.4 Å². The zero-order chi connectivity index (χ0) is 25.2. The van der Waals surface area contributed by atoms with Gasteiger partial charge in [-0.2, -0.15) is 4.31 Å². The summed E-state index contributed by atoms with van der Waals surface area (Å²) in [5.41, 5.74) is 0.795. The van der Waals surface area contributed by atoms with Gasteiger partial charge < -0.3 is 13.9 Å². The fourth-order valence-electron chi connectivity index (χ4n) is 4.26. The van der Waals surface area contributed by atoms with Crippen molar-refractivity contribution in [1.82, 2.24) is 14.5 Å². The number of nitrogens with one attached hydrogen (secondary N) is 1. The fraction of sp³-hybridized carbons (Fsp3) is 0.375. The Kier molecular flexibility index (Phi) is 7.08. The van der Waals surface area contributed by atoms with Gasteiger partial charge in [-0.1, -0.05) is 18.9 Å². The van der Waals surface area contributed by atoms with E-state index in [1.807, 2.05) is 0 Å². The molecule has 0 aliphatic carbocycles. The maximum absolute atomic E-state index is 13.1. The number of piperidine rings is 1. The van der Waals surface area contributed by atoms with Crippen LogP contribution in [0.1, 0.15) is 30.6 Å². The van der Waals surface area contributed by atoms with Crippen LogP contribution in [0.3, 0.4) is 0 Å². The molecule has 0 spiro atoms. The van der Waals surface area contributed by atoms with Gasteiger partial charge in [-0.15, -0.1) is 5.10 Å². The van der Waals surface area contributed by atoms with Gasteiger partial charge in [0.2, 0.25) is 10.0 Å². The van der Waals surface area contributed by atoms with Crippen molar-refractivity contribution in [3.8, 4) is 23.0 Å². The Morgan fingerprint density at radius 1 is 1.03 bits per heavy atom. The lowest BCUT2D eigenvalue weighted by atomic mass is 9.94. The molecule has 2 atom stereocenters. The summed E-state index contributed by atoms with van der Waals surface area (Å²) in [6.45, 7) is 5.10. The highest BCUT2D eigenvalue weighted by Gasteiger charge is 2.31. The predicted molar refractivity (Wildman–Crippen MR) is 129 cm³/mol. The SMILES string of the molecule is COc1ccc(-c2nnc(NC(=O)c3ccc(S(=O)(=O)N4C[C@H](C)C[C@H](C)C4)cc3)o2)c(OC)c1. The van der Waals surface area contributed by atoms with E-state index in [0.717, 1.165) is 6.42 Å². The van der Waals surface area contributed by atoms with Crippen LogP contribution in [-0.4, -0.2) is 56.1 Å². The number of nitrogens with zero attached hydrogens (tertiary/aromatic N) is 3. The predicted octanol–water partition coefficient (Wildman–Crippen LogP) is 3.67. The van der Waals surface area contributed by atoms with Crippen LogP contribution in [0.2, 0.25) is 0 Å². The summed E-state index contributed by atoms with van der Waals surface area (Å²) in [7, 11) is -0.574. The molecule has 2 heterocycles. The maximum Gasteiger partial charge on any atom is 0.322 e. The Labute approximate surface area is 204 Å². The number of ether oxygens (including phenoxy) is 2. The molecular formula is C24H28N4O6S. The third kappa shape index (κ3) is 5.30. The van der Waals surface area contributed by atoms with E-state index < -0.39 is 15.9 Å². The summed E-state index contributed by atoms with van der Waals surface area (Å²) in [6, 6.07) is 10.8. The molecule has 1 aromatic heterocycles. The van der Waals surface area contributed by atoms with E-state index in [9.17, 15) is 13.2 Å². The number of hydrogen-bond acceptors (Lipinski definition) is 8. The number of sulfonamides is 1. The lowest BCUT2D eigenvalue weighted by Crippen LogP contribution is -2.42. The Balaban J connectivity index is 1.47. The molecule has 0 bridgehead atoms. The molecular weight excluding hydrogens is 472 g/mol. The van der Waals surface area contributed by atoms with E-state index in [1.165, 1.54) is 35.7 Å². The first-order chi connectivity index (χ1) is 16.7. The number of benzene rings is 2. The molecule has 1 saturated heterocycles. The molecule has 2 aromatic carbocycles. The van der Waals surface area contributed by atoms with Gasteiger partial charge in [0.05, 0.1) is 24.7 Å². The van der Waals surface area contributed by atoms with Gasteiger partial charge in [-0.25, -0.2) is 8.42 Å². The molecule has 1 fully saturated rings. The van der Waals surface area contributed by atoms with Crippen molar-refractivity contribution in [3.63, 3.8) is 0 Å². The first-order valence-corrected chi connectivity index (χ1v) is 12.6. The smallest absolute Gasteiger partial charge is 0.322 e. The molecule has 10 nitrogen and oxygen atoms in total. The average Bonchev–Trinajstić information content (AvgIpc) is 3.31. The van der Waals surface area contributed by atoms with Gasteiger partial charge in [0.1, 0.15) is 11.5 Å². The number of methoxy groups -OCH3 is 2. The Hall–Kier alpha value is -3.44. The van der Waals surface area contributed by atoms with Crippen LogP contribution in [0.5, 0.6) is 11.5 Å². The Morgan fingerprint density at radius 2 is 1.71 bits per heavy atom. The van der Waals surface area contributed by atoms with Gasteiger partial charge >= 0.3 is 6.01 Å². The van der Waals surface area contributed by atoms with E-state index >= 15 is 0 Å². The standard InChI is InChI=1S/C24H28N4O6S/c1-15-11-16(2)14-28(13-15)35(30,31)19-8-5-17(6-9-19)22(29)25-24-27-26-23(34-24)20-10-7-18(32-3)12-21(20)33-4/h5-10,12,15-16H,11,13-14H2,1-4H3,(H,25,27,29)/t15-,16+. The minimum absolute atomic E-state index is 0.101. The van der Waals surface area contributed by atoms with Gasteiger partial charge in [-0.3, -0.25) is 10.1 Å². The van der Waals surface area contributed by atoms with E-state index in [0.29, 0.717) is 42.0 Å². The normalized spacial score (nSPS) is 18.7. The van der Waals surface area contributed by atoms with Crippen molar-refractivity contribution in [3.05, 3.63) is 48.0 Å². The summed E-state index contributed by atoms with van der Waals surface area (Å²) in [6.07, 6.45) is 1.01. The number of carbonyl (C=O) groups excluding carboxylic acids is 1. The van der Waals surface area contributed by atoms with Gasteiger partial charge in [0.15, 0.2) is 0 Å². The summed E-state index contributed by atoms with van der Waals surface area (Å²) in [5, 5.41) is 10.4. The number of hydrogen-bond donors (Lipinski definition) is 1. The van der Waals surface area contributed by atoms with E-state index in [2.05, 4.69) is 29.4 Å². The molecule has 11 heteroatoms. The molecule has 3 aromatic rings. The molecule has 1 amide bonds. The van der Waals surface area contributed by atoms with Crippen molar-refractivity contribution < 1.29 is 27.1 Å². The quantitative estimate of drug-likeness (QED) is 0.521. The Morgan fingerprint density at radius 3 is 2.34 bits per heavy atom. The minimum atomic E-state index is -3.63. The van der Waals surface area contributed by atoms with Gasteiger partial charge in [0.25, 0.3) is 11.8 Å². The number of amides is 1. The Bertz CT molecular complexity index is 1300. The molecule has 186 valence electrons. The second kappa shape index (κ2) is 10.0. The van der Waals surface area contributed by atoms with Crippen molar-refractivity contribution in [2.45, 2.75) is 25.2 Å². The van der Waals surface area contributed by atoms with Crippen molar-refractivity contribution in [1.29, 1.82) is 0 Å². The highest BCUT2D eigenvalue weighted by molar-refractivity contribution is 7.89. The average molecular weight is 501 g/mol. The number of rotatable bonds is 7. The molecule has 1 aliphatic heterocycles. The van der Waals surface area contributed by atoms with Crippen molar-refractivity contribution in [2.24, 2.45) is 11.8 Å². The molecule has 0 radical (unpaired) electrons. The topological polar surface area (TPSA) is 124 Å². The van der Waals surface area contributed by atoms with Crippen LogP contribution in [-0.2, 0) is 10.0 Å². The molecule has 35 heavy (non-hydrogen) atoms. The second-order valence-corrected chi connectivity index (χ2v) is 10.7. The molecule has 1 aliphatic rings. The number of carbonyl (C=O) groups is 1. The first kappa shape index (κ1) is 24.7. The molecule has 0 saturated carbocycles. The lowest BCUT2D eigenvalue weighted by molar-refractivity contribution is 0.102. The number of aromatic nitrogens is 2. The van der Waals surface area contributed by atoms with Crippen LogP contribution in [0, 0.1) is 11.8 Å². The van der Waals surface area contributed by atoms with Crippen molar-refractivity contribution in [2.75, 3.05) is 32.6 Å². The zero-order valence-corrected chi connectivity index (χ0v) is 20.8. The first-order valence-electron chi connectivity index (χ1n) is 11.2. The summed E-state index contributed by atoms with van der Waals surface area (Å²) < 4.78 is 43.7. The molecule has 1 N–H and O–H groups in total. The number of anilines is 1. The minimum Gasteiger partial charge on any atom is -0.497 e. The third-order valence-corrected chi connectivity index (χ3v) is 7.72. The van der Waals surface area contributed by atoms with Crippen LogP contribution in [0.25, 0.3) is 11.5 Å². The highest BCUT2D eigenvalue weighted by Crippen LogP contribution is 2.33. The van der Waals surface area contributed by atoms with Gasteiger partial charge in [-0.05, 0) is 54.7 Å². The molecule has 0 unspecified atom stereocenters. The third-order valence-electron chi connectivity index (χ3n) is 5.87. The maximum atomic E-state index is 13.1. The van der Waals surface area contributed by atoms with E-state index in [4.69, 9.17) is 13.9 Å². The van der Waals surface area contributed by atoms with Crippen LogP contribution in [0.15, 0.2) is 51.8 Å². The van der Waals surface area contributed by atoms with Crippen LogP contribution < -0.4 is 14.8 Å². The lowest BCUT2D eigenvalue weighted by Gasteiger charge is -2.34. The highest BCUT2D eigenvalue weighted by atomic mass is 32.2. The summed E-state index contributed by atoms with van der Waals surface area (Å²) >= 11 is 0. The van der Waals surface area contributed by atoms with Gasteiger partial charge in [0, 0.05) is 24.7 Å². The second-order valence-electron chi connectivity index (χ2n) is 8.73. The van der Waals surface area contributed by atoms with Crippen LogP contribution >= 0.6 is 0 Å². The monoisotopic (exact) mass is 500 g/mol. The van der Waals surface area contributed by atoms with Crippen LogP contribution in [0.4, 0.5) is 6.01 Å². The summed E-state index contributed by atoms with van der Waals surface area (Å²) in [5.74, 6) is 1.33. The molecule has 4 rings (SSSR count).